The number of rotatable bonds is 6. The molecule has 0 bridgehead atoms. The Bertz CT molecular complexity index is 1820. The summed E-state index contributed by atoms with van der Waals surface area (Å²) >= 11 is 0. The lowest BCUT2D eigenvalue weighted by Gasteiger charge is -2.48. The molecule has 2 unspecified atom stereocenters. The van der Waals surface area contributed by atoms with E-state index in [0.717, 1.165) is 45.3 Å². The summed E-state index contributed by atoms with van der Waals surface area (Å²) in [5.41, 5.74) is 0.00835. The summed E-state index contributed by atoms with van der Waals surface area (Å²) in [6.45, 7) is 5.30. The number of anilines is 1. The number of benzene rings is 2. The van der Waals surface area contributed by atoms with Gasteiger partial charge in [0, 0.05) is 44.2 Å². The molecule has 4 fully saturated rings. The molecule has 1 spiro atoms. The fourth-order valence-electron chi connectivity index (χ4n) is 8.19. The summed E-state index contributed by atoms with van der Waals surface area (Å²) in [5, 5.41) is 12.1. The maximum absolute atomic E-state index is 16.8. The third kappa shape index (κ3) is 4.69. The standard InChI is InChI=1S/C34H36F3N5O3/c1-2-23-26(36)6-5-20-13-22(43)14-24(27(20)23)29-28(37)30-25(16-38-29)31(41-10-4-8-34(18-41)9-12-45-34)40-32(39-30)44-19-33-7-3-11-42(33)17-21(35)15-33/h5-6,13-14,16,21,43H,2-4,7-12,15,17-19H2,1H3/t21-,33?,34?/m1/s1. The van der Waals surface area contributed by atoms with Gasteiger partial charge in [-0.05, 0) is 73.2 Å². The molecule has 0 aliphatic carbocycles. The zero-order valence-electron chi connectivity index (χ0n) is 25.3. The highest BCUT2D eigenvalue weighted by Crippen LogP contribution is 2.43. The van der Waals surface area contributed by atoms with Gasteiger partial charge in [-0.15, -0.1) is 0 Å². The van der Waals surface area contributed by atoms with Crippen molar-refractivity contribution >= 4 is 27.5 Å². The minimum absolute atomic E-state index is 0.0206. The van der Waals surface area contributed by atoms with Crippen molar-refractivity contribution in [3.8, 4) is 23.0 Å². The molecule has 8 rings (SSSR count). The van der Waals surface area contributed by atoms with Crippen molar-refractivity contribution in [2.24, 2.45) is 0 Å². The van der Waals surface area contributed by atoms with Gasteiger partial charge in [0.05, 0.1) is 23.1 Å². The van der Waals surface area contributed by atoms with Gasteiger partial charge in [0.1, 0.15) is 41.4 Å². The Hall–Kier alpha value is -3.70. The van der Waals surface area contributed by atoms with Gasteiger partial charge >= 0.3 is 6.01 Å². The quantitative estimate of drug-likeness (QED) is 0.277. The average molecular weight is 620 g/mol. The number of aryl methyl sites for hydroxylation is 1. The molecular formula is C34H36F3N5O3. The van der Waals surface area contributed by atoms with Crippen molar-refractivity contribution in [3.63, 3.8) is 0 Å². The monoisotopic (exact) mass is 619 g/mol. The number of alkyl halides is 1. The van der Waals surface area contributed by atoms with E-state index in [1.807, 2.05) is 6.92 Å². The second-order valence-electron chi connectivity index (χ2n) is 13.2. The van der Waals surface area contributed by atoms with E-state index < -0.39 is 23.3 Å². The largest absolute Gasteiger partial charge is 0.508 e. The van der Waals surface area contributed by atoms with Crippen molar-refractivity contribution in [2.75, 3.05) is 44.3 Å². The van der Waals surface area contributed by atoms with E-state index >= 15 is 4.39 Å². The van der Waals surface area contributed by atoms with E-state index in [9.17, 15) is 13.9 Å². The number of piperidine rings is 1. The fourth-order valence-corrected chi connectivity index (χ4v) is 8.19. The zero-order valence-corrected chi connectivity index (χ0v) is 25.3. The van der Waals surface area contributed by atoms with Crippen LogP contribution in [0.5, 0.6) is 11.8 Å². The molecule has 45 heavy (non-hydrogen) atoms. The van der Waals surface area contributed by atoms with Crippen LogP contribution in [0.3, 0.4) is 0 Å². The van der Waals surface area contributed by atoms with Crippen LogP contribution in [0.15, 0.2) is 30.5 Å². The molecule has 6 heterocycles. The Labute approximate surface area is 259 Å². The van der Waals surface area contributed by atoms with E-state index in [2.05, 4.69) is 19.8 Å². The third-order valence-corrected chi connectivity index (χ3v) is 10.4. The molecule has 8 nitrogen and oxygen atoms in total. The number of ether oxygens (including phenoxy) is 2. The molecule has 4 aliphatic heterocycles. The molecule has 4 saturated heterocycles. The summed E-state index contributed by atoms with van der Waals surface area (Å²) in [6.07, 6.45) is 6.01. The fraction of sp³-hybridized carbons (Fsp3) is 0.500. The number of hydrogen-bond acceptors (Lipinski definition) is 8. The maximum Gasteiger partial charge on any atom is 0.319 e. The Morgan fingerprint density at radius 3 is 2.76 bits per heavy atom. The zero-order chi connectivity index (χ0) is 30.9. The van der Waals surface area contributed by atoms with Crippen molar-refractivity contribution in [3.05, 3.63) is 47.7 Å². The van der Waals surface area contributed by atoms with Gasteiger partial charge in [-0.1, -0.05) is 13.0 Å². The number of phenols is 1. The normalized spacial score (nSPS) is 26.6. The topological polar surface area (TPSA) is 83.8 Å². The van der Waals surface area contributed by atoms with Crippen molar-refractivity contribution in [1.29, 1.82) is 0 Å². The summed E-state index contributed by atoms with van der Waals surface area (Å²) in [7, 11) is 0. The molecule has 4 aromatic rings. The number of phenolic OH excluding ortho intramolecular Hbond substituents is 1. The predicted molar refractivity (Wildman–Crippen MR) is 165 cm³/mol. The molecule has 2 aromatic carbocycles. The lowest BCUT2D eigenvalue weighted by atomic mass is 9.86. The van der Waals surface area contributed by atoms with Crippen LogP contribution in [0.4, 0.5) is 19.0 Å². The highest BCUT2D eigenvalue weighted by atomic mass is 19.1. The molecule has 11 heteroatoms. The van der Waals surface area contributed by atoms with Gasteiger partial charge in [0.15, 0.2) is 5.82 Å². The molecule has 3 atom stereocenters. The van der Waals surface area contributed by atoms with Gasteiger partial charge in [-0.2, -0.15) is 9.97 Å². The smallest absolute Gasteiger partial charge is 0.319 e. The number of aromatic nitrogens is 3. The first kappa shape index (κ1) is 28.8. The van der Waals surface area contributed by atoms with Gasteiger partial charge in [-0.3, -0.25) is 9.88 Å². The van der Waals surface area contributed by atoms with Gasteiger partial charge in [0.25, 0.3) is 0 Å². The van der Waals surface area contributed by atoms with Crippen LogP contribution in [-0.2, 0) is 11.2 Å². The summed E-state index contributed by atoms with van der Waals surface area (Å²) in [5.74, 6) is -0.684. The minimum atomic E-state index is -0.907. The van der Waals surface area contributed by atoms with Crippen LogP contribution < -0.4 is 9.64 Å². The average Bonchev–Trinajstić information content (AvgIpc) is 3.55. The molecule has 0 saturated carbocycles. The van der Waals surface area contributed by atoms with Crippen LogP contribution in [0.25, 0.3) is 32.9 Å². The number of halogens is 3. The Balaban J connectivity index is 1.27. The molecular weight excluding hydrogens is 583 g/mol. The van der Waals surface area contributed by atoms with Crippen molar-refractivity contribution < 1.29 is 27.8 Å². The Morgan fingerprint density at radius 2 is 1.96 bits per heavy atom. The first-order valence-electron chi connectivity index (χ1n) is 16.0. The lowest BCUT2D eigenvalue weighted by Crippen LogP contribution is -2.56. The summed E-state index contributed by atoms with van der Waals surface area (Å²) in [6, 6.07) is 5.90. The van der Waals surface area contributed by atoms with Gasteiger partial charge in [0.2, 0.25) is 0 Å². The van der Waals surface area contributed by atoms with Crippen LogP contribution in [0, 0.1) is 11.6 Å². The van der Waals surface area contributed by atoms with E-state index in [1.165, 1.54) is 18.2 Å². The molecule has 4 aliphatic rings. The second-order valence-corrected chi connectivity index (χ2v) is 13.2. The summed E-state index contributed by atoms with van der Waals surface area (Å²) in [4.78, 5) is 18.2. The third-order valence-electron chi connectivity index (χ3n) is 10.4. The number of fused-ring (bicyclic) bond motifs is 3. The first-order chi connectivity index (χ1) is 21.8. The van der Waals surface area contributed by atoms with E-state index in [-0.39, 0.29) is 40.7 Å². The highest BCUT2D eigenvalue weighted by molar-refractivity contribution is 6.01. The molecule has 0 amide bonds. The summed E-state index contributed by atoms with van der Waals surface area (Å²) < 4.78 is 58.5. The number of aromatic hydroxyl groups is 1. The number of pyridine rings is 1. The van der Waals surface area contributed by atoms with Crippen molar-refractivity contribution in [2.45, 2.75) is 69.2 Å². The van der Waals surface area contributed by atoms with Crippen LogP contribution in [0.1, 0.15) is 51.0 Å². The number of nitrogens with zero attached hydrogens (tertiary/aromatic N) is 5. The Morgan fingerprint density at radius 1 is 1.11 bits per heavy atom. The van der Waals surface area contributed by atoms with Crippen LogP contribution in [0.2, 0.25) is 0 Å². The van der Waals surface area contributed by atoms with E-state index in [0.29, 0.717) is 60.0 Å². The molecule has 0 radical (unpaired) electrons. The molecule has 236 valence electrons. The molecule has 1 N–H and O–H groups in total. The maximum atomic E-state index is 16.8. The van der Waals surface area contributed by atoms with E-state index in [4.69, 9.17) is 14.5 Å². The van der Waals surface area contributed by atoms with E-state index in [1.54, 1.807) is 12.3 Å². The predicted octanol–water partition coefficient (Wildman–Crippen LogP) is 6.11. The second kappa shape index (κ2) is 10.7. The molecule has 2 aromatic heterocycles. The lowest BCUT2D eigenvalue weighted by molar-refractivity contribution is -0.151. The van der Waals surface area contributed by atoms with Crippen LogP contribution >= 0.6 is 0 Å². The van der Waals surface area contributed by atoms with Crippen LogP contribution in [-0.4, -0.2) is 81.7 Å². The Kier molecular flexibility index (Phi) is 6.83. The van der Waals surface area contributed by atoms with Gasteiger partial charge in [-0.25, -0.2) is 13.2 Å². The van der Waals surface area contributed by atoms with Gasteiger partial charge < -0.3 is 19.5 Å². The highest BCUT2D eigenvalue weighted by Gasteiger charge is 2.49. The SMILES string of the molecule is CCc1c(F)ccc2cc(O)cc(-c3ncc4c(N5CCCC6(CCO6)C5)nc(OCC56CCCN5C[C@H](F)C6)nc4c3F)c12. The minimum Gasteiger partial charge on any atom is -0.508 e. The first-order valence-corrected chi connectivity index (χ1v) is 16.0. The van der Waals surface area contributed by atoms with Crippen molar-refractivity contribution in [1.82, 2.24) is 19.9 Å². The number of hydrogen-bond donors (Lipinski definition) is 1.